The predicted molar refractivity (Wildman–Crippen MR) is 86.2 cm³/mol. The fourth-order valence-electron chi connectivity index (χ4n) is 2.03. The van der Waals surface area contributed by atoms with Crippen molar-refractivity contribution in [2.75, 3.05) is 5.32 Å². The maximum atomic E-state index is 13.4. The van der Waals surface area contributed by atoms with Gasteiger partial charge in [-0.15, -0.1) is 0 Å². The van der Waals surface area contributed by atoms with Gasteiger partial charge in [0, 0.05) is 0 Å². The Balaban J connectivity index is 2.10. The number of hydrogen-bond acceptors (Lipinski definition) is 5. The molecule has 0 aliphatic heterocycles. The molecule has 1 aromatic heterocycles. The molecule has 2 rings (SSSR count). The van der Waals surface area contributed by atoms with Crippen molar-refractivity contribution in [1.82, 2.24) is 15.1 Å². The van der Waals surface area contributed by atoms with Crippen molar-refractivity contribution in [2.45, 2.75) is 20.4 Å². The van der Waals surface area contributed by atoms with E-state index >= 15 is 0 Å². The van der Waals surface area contributed by atoms with Crippen LogP contribution < -0.4 is 16.2 Å². The summed E-state index contributed by atoms with van der Waals surface area (Å²) in [5, 5.41) is 17.1. The Labute approximate surface area is 141 Å². The lowest BCUT2D eigenvalue weighted by Gasteiger charge is -2.10. The SMILES string of the molecule is Cc1nn(CC(=O)NC(=O)Nc2ccccc2F)c(=O)c(C#N)c1C. The second-order valence-electron chi connectivity index (χ2n) is 5.14. The topological polar surface area (TPSA) is 117 Å². The lowest BCUT2D eigenvalue weighted by molar-refractivity contribution is -0.120. The van der Waals surface area contributed by atoms with Crippen LogP contribution in [0.4, 0.5) is 14.9 Å². The average Bonchev–Trinajstić information content (AvgIpc) is 2.55. The minimum atomic E-state index is -0.951. The van der Waals surface area contributed by atoms with Gasteiger partial charge in [-0.05, 0) is 31.5 Å². The zero-order valence-corrected chi connectivity index (χ0v) is 13.5. The molecule has 9 heteroatoms. The Morgan fingerprint density at radius 1 is 1.32 bits per heavy atom. The second-order valence-corrected chi connectivity index (χ2v) is 5.14. The molecule has 1 heterocycles. The molecule has 25 heavy (non-hydrogen) atoms. The third-order valence-electron chi connectivity index (χ3n) is 3.42. The molecule has 0 fully saturated rings. The summed E-state index contributed by atoms with van der Waals surface area (Å²) in [6.07, 6.45) is 0. The van der Waals surface area contributed by atoms with Crippen LogP contribution in [0.25, 0.3) is 0 Å². The van der Waals surface area contributed by atoms with Crippen LogP contribution >= 0.6 is 0 Å². The van der Waals surface area contributed by atoms with Gasteiger partial charge in [-0.1, -0.05) is 12.1 Å². The highest BCUT2D eigenvalue weighted by molar-refractivity contribution is 6.01. The number of amides is 3. The fraction of sp³-hybridized carbons (Fsp3) is 0.188. The van der Waals surface area contributed by atoms with Crippen molar-refractivity contribution in [3.8, 4) is 6.07 Å². The molecule has 0 saturated heterocycles. The maximum Gasteiger partial charge on any atom is 0.326 e. The summed E-state index contributed by atoms with van der Waals surface area (Å²) in [4.78, 5) is 35.7. The molecule has 2 aromatic rings. The van der Waals surface area contributed by atoms with Gasteiger partial charge in [-0.2, -0.15) is 10.4 Å². The van der Waals surface area contributed by atoms with E-state index in [1.54, 1.807) is 19.9 Å². The zero-order chi connectivity index (χ0) is 18.6. The third kappa shape index (κ3) is 4.06. The largest absolute Gasteiger partial charge is 0.326 e. The van der Waals surface area contributed by atoms with Gasteiger partial charge < -0.3 is 5.32 Å². The van der Waals surface area contributed by atoms with E-state index in [2.05, 4.69) is 10.4 Å². The van der Waals surface area contributed by atoms with Crippen LogP contribution in [0.1, 0.15) is 16.8 Å². The molecule has 0 radical (unpaired) electrons. The van der Waals surface area contributed by atoms with E-state index in [4.69, 9.17) is 5.26 Å². The Hall–Kier alpha value is -3.54. The summed E-state index contributed by atoms with van der Waals surface area (Å²) < 4.78 is 14.2. The number of urea groups is 1. The predicted octanol–water partition coefficient (Wildman–Crippen LogP) is 1.22. The average molecular weight is 343 g/mol. The van der Waals surface area contributed by atoms with Gasteiger partial charge in [0.15, 0.2) is 0 Å². The number of halogens is 1. The summed E-state index contributed by atoms with van der Waals surface area (Å²) in [6, 6.07) is 6.27. The normalized spacial score (nSPS) is 10.0. The van der Waals surface area contributed by atoms with Crippen LogP contribution in [0.5, 0.6) is 0 Å². The second kappa shape index (κ2) is 7.35. The van der Waals surface area contributed by atoms with Crippen molar-refractivity contribution in [1.29, 1.82) is 5.26 Å². The maximum absolute atomic E-state index is 13.4. The van der Waals surface area contributed by atoms with Crippen molar-refractivity contribution < 1.29 is 14.0 Å². The van der Waals surface area contributed by atoms with Crippen molar-refractivity contribution in [2.24, 2.45) is 0 Å². The minimum Gasteiger partial charge on any atom is -0.305 e. The highest BCUT2D eigenvalue weighted by Crippen LogP contribution is 2.11. The molecule has 3 amide bonds. The number of carbonyl (C=O) groups excluding carboxylic acids is 2. The number of hydrogen-bond donors (Lipinski definition) is 2. The number of nitrogens with one attached hydrogen (secondary N) is 2. The molecule has 0 unspecified atom stereocenters. The summed E-state index contributed by atoms with van der Waals surface area (Å²) in [5.41, 5.74) is -0.0892. The molecule has 0 saturated carbocycles. The van der Waals surface area contributed by atoms with Gasteiger partial charge in [0.2, 0.25) is 5.91 Å². The van der Waals surface area contributed by atoms with E-state index < -0.39 is 29.9 Å². The first-order valence-corrected chi connectivity index (χ1v) is 7.17. The van der Waals surface area contributed by atoms with Gasteiger partial charge in [-0.3, -0.25) is 14.9 Å². The Bertz CT molecular complexity index is 946. The molecule has 128 valence electrons. The molecular formula is C16H14FN5O3. The number of nitrogens with zero attached hydrogens (tertiary/aromatic N) is 3. The molecule has 8 nitrogen and oxygen atoms in total. The number of rotatable bonds is 3. The van der Waals surface area contributed by atoms with Gasteiger partial charge >= 0.3 is 6.03 Å². The van der Waals surface area contributed by atoms with E-state index in [9.17, 15) is 18.8 Å². The lowest BCUT2D eigenvalue weighted by Crippen LogP contribution is -2.40. The zero-order valence-electron chi connectivity index (χ0n) is 13.5. The van der Waals surface area contributed by atoms with E-state index in [1.807, 2.05) is 5.32 Å². The quantitative estimate of drug-likeness (QED) is 0.869. The first-order valence-electron chi connectivity index (χ1n) is 7.17. The van der Waals surface area contributed by atoms with Gasteiger partial charge in [0.1, 0.15) is 24.0 Å². The van der Waals surface area contributed by atoms with Gasteiger partial charge in [-0.25, -0.2) is 13.9 Å². The van der Waals surface area contributed by atoms with Crippen LogP contribution in [0.2, 0.25) is 0 Å². The van der Waals surface area contributed by atoms with Crippen LogP contribution in [-0.2, 0) is 11.3 Å². The molecule has 0 aliphatic carbocycles. The first kappa shape index (κ1) is 17.8. The molecule has 0 bridgehead atoms. The summed E-state index contributed by atoms with van der Waals surface area (Å²) in [6.45, 7) is 2.61. The number of imide groups is 1. The summed E-state index contributed by atoms with van der Waals surface area (Å²) >= 11 is 0. The Kier molecular flexibility index (Phi) is 5.24. The highest BCUT2D eigenvalue weighted by Gasteiger charge is 2.15. The number of benzene rings is 1. The highest BCUT2D eigenvalue weighted by atomic mass is 19.1. The summed E-state index contributed by atoms with van der Waals surface area (Å²) in [7, 11) is 0. The van der Waals surface area contributed by atoms with Gasteiger partial charge in [0.05, 0.1) is 11.4 Å². The number of nitriles is 1. The number of aromatic nitrogens is 2. The van der Waals surface area contributed by atoms with Crippen LogP contribution in [0, 0.1) is 31.0 Å². The molecule has 0 atom stereocenters. The van der Waals surface area contributed by atoms with Crippen LogP contribution in [0.15, 0.2) is 29.1 Å². The summed E-state index contributed by atoms with van der Waals surface area (Å²) in [5.74, 6) is -1.49. The molecular weight excluding hydrogens is 329 g/mol. The number of carbonyl (C=O) groups is 2. The third-order valence-corrected chi connectivity index (χ3v) is 3.42. The first-order chi connectivity index (χ1) is 11.8. The monoisotopic (exact) mass is 343 g/mol. The number of anilines is 1. The Morgan fingerprint density at radius 3 is 2.64 bits per heavy atom. The van der Waals surface area contributed by atoms with E-state index in [1.165, 1.54) is 18.2 Å². The van der Waals surface area contributed by atoms with E-state index in [0.29, 0.717) is 11.3 Å². The number of para-hydroxylation sites is 1. The molecule has 0 spiro atoms. The van der Waals surface area contributed by atoms with Crippen molar-refractivity contribution in [3.05, 3.63) is 57.3 Å². The van der Waals surface area contributed by atoms with E-state index in [-0.39, 0.29) is 11.3 Å². The molecule has 2 N–H and O–H groups in total. The van der Waals surface area contributed by atoms with Crippen LogP contribution in [0.3, 0.4) is 0 Å². The number of aryl methyl sites for hydroxylation is 1. The fourth-order valence-corrected chi connectivity index (χ4v) is 2.03. The minimum absolute atomic E-state index is 0.0963. The molecule has 1 aromatic carbocycles. The van der Waals surface area contributed by atoms with Gasteiger partial charge in [0.25, 0.3) is 5.56 Å². The van der Waals surface area contributed by atoms with Crippen molar-refractivity contribution in [3.63, 3.8) is 0 Å². The van der Waals surface area contributed by atoms with Crippen LogP contribution in [-0.4, -0.2) is 21.7 Å². The lowest BCUT2D eigenvalue weighted by atomic mass is 10.1. The molecule has 0 aliphatic rings. The standard InChI is InChI=1S/C16H14FN5O3/c1-9-10(2)21-22(15(24)11(9)7-18)8-14(23)20-16(25)19-13-6-4-3-5-12(13)17/h3-6H,8H2,1-2H3,(H2,19,20,23,25). The Morgan fingerprint density at radius 2 is 2.00 bits per heavy atom. The smallest absolute Gasteiger partial charge is 0.305 e. The van der Waals surface area contributed by atoms with Crippen molar-refractivity contribution >= 4 is 17.6 Å². The van der Waals surface area contributed by atoms with E-state index in [0.717, 1.165) is 10.7 Å².